The molecule has 0 aromatic heterocycles. The molecule has 1 amide bonds. The third-order valence-electron chi connectivity index (χ3n) is 5.11. The van der Waals surface area contributed by atoms with Crippen LogP contribution in [0.25, 0.3) is 0 Å². The van der Waals surface area contributed by atoms with Crippen molar-refractivity contribution in [3.63, 3.8) is 0 Å². The summed E-state index contributed by atoms with van der Waals surface area (Å²) in [4.78, 5) is 14.9. The predicted octanol–water partition coefficient (Wildman–Crippen LogP) is 2.18. The number of benzene rings is 1. The van der Waals surface area contributed by atoms with Crippen LogP contribution in [-0.2, 0) is 19.6 Å². The van der Waals surface area contributed by atoms with E-state index in [1.165, 1.54) is 4.31 Å². The van der Waals surface area contributed by atoms with Crippen LogP contribution in [-0.4, -0.2) is 61.6 Å². The van der Waals surface area contributed by atoms with Crippen LogP contribution in [0.2, 0.25) is 0 Å². The molecule has 1 aromatic carbocycles. The van der Waals surface area contributed by atoms with Gasteiger partial charge in [0.15, 0.2) is 0 Å². The van der Waals surface area contributed by atoms with E-state index in [0.29, 0.717) is 39.1 Å². The smallest absolute Gasteiger partial charge is 0.241 e. The molecule has 26 heavy (non-hydrogen) atoms. The minimum atomic E-state index is -3.38. The molecule has 2 atom stereocenters. The lowest BCUT2D eigenvalue weighted by molar-refractivity contribution is -0.144. The van der Waals surface area contributed by atoms with Gasteiger partial charge in [0.1, 0.15) is 12.1 Å². The van der Waals surface area contributed by atoms with E-state index in [0.717, 1.165) is 18.4 Å². The quantitative estimate of drug-likeness (QED) is 0.785. The summed E-state index contributed by atoms with van der Waals surface area (Å²) in [6.07, 6.45) is 2.73. The number of sulfonamides is 1. The molecule has 0 saturated carbocycles. The van der Waals surface area contributed by atoms with Crippen molar-refractivity contribution in [3.8, 4) is 0 Å². The van der Waals surface area contributed by atoms with Gasteiger partial charge in [-0.3, -0.25) is 4.79 Å². The Morgan fingerprint density at radius 3 is 2.69 bits per heavy atom. The van der Waals surface area contributed by atoms with Gasteiger partial charge in [-0.1, -0.05) is 43.7 Å². The normalized spacial score (nSPS) is 25.2. The fourth-order valence-electron chi connectivity index (χ4n) is 3.79. The number of hydrogen-bond acceptors (Lipinski definition) is 4. The van der Waals surface area contributed by atoms with E-state index in [-0.39, 0.29) is 17.8 Å². The minimum Gasteiger partial charge on any atom is -0.370 e. The van der Waals surface area contributed by atoms with E-state index in [2.05, 4.69) is 0 Å². The molecule has 0 N–H and O–H groups in total. The Labute approximate surface area is 156 Å². The van der Waals surface area contributed by atoms with Gasteiger partial charge >= 0.3 is 0 Å². The first-order valence-electron chi connectivity index (χ1n) is 9.48. The minimum absolute atomic E-state index is 0.0754. The van der Waals surface area contributed by atoms with Gasteiger partial charge in [0.2, 0.25) is 15.9 Å². The first-order chi connectivity index (χ1) is 12.5. The maximum Gasteiger partial charge on any atom is 0.241 e. The van der Waals surface area contributed by atoms with Gasteiger partial charge in [0.25, 0.3) is 0 Å². The number of carbonyl (C=O) groups excluding carboxylic acids is 1. The third-order valence-corrected chi connectivity index (χ3v) is 7.18. The van der Waals surface area contributed by atoms with Gasteiger partial charge in [-0.2, -0.15) is 4.31 Å². The first kappa shape index (κ1) is 19.3. The van der Waals surface area contributed by atoms with E-state index in [1.807, 2.05) is 37.3 Å². The molecule has 3 rings (SSSR count). The lowest BCUT2D eigenvalue weighted by atomic mass is 10.0. The summed E-state index contributed by atoms with van der Waals surface area (Å²) in [5.74, 6) is 0.0283. The SMILES string of the molecule is CCCS(=O)(=O)N1CCCC[C@@H]1C(=O)N1CCO[C@@H](c2ccccc2)C1. The summed E-state index contributed by atoms with van der Waals surface area (Å²) >= 11 is 0. The highest BCUT2D eigenvalue weighted by Crippen LogP contribution is 2.27. The highest BCUT2D eigenvalue weighted by Gasteiger charge is 2.39. The molecule has 144 valence electrons. The number of rotatable bonds is 5. The van der Waals surface area contributed by atoms with Crippen LogP contribution in [0.15, 0.2) is 30.3 Å². The Bertz CT molecular complexity index is 708. The fourth-order valence-corrected chi connectivity index (χ4v) is 5.53. The van der Waals surface area contributed by atoms with E-state index < -0.39 is 16.1 Å². The van der Waals surface area contributed by atoms with Gasteiger partial charge in [-0.05, 0) is 24.8 Å². The molecule has 2 aliphatic rings. The molecule has 0 radical (unpaired) electrons. The Morgan fingerprint density at radius 2 is 1.96 bits per heavy atom. The van der Waals surface area contributed by atoms with Crippen LogP contribution in [0.5, 0.6) is 0 Å². The van der Waals surface area contributed by atoms with Crippen LogP contribution in [0.4, 0.5) is 0 Å². The maximum absolute atomic E-state index is 13.2. The van der Waals surface area contributed by atoms with Gasteiger partial charge in [-0.15, -0.1) is 0 Å². The van der Waals surface area contributed by atoms with Crippen LogP contribution < -0.4 is 0 Å². The van der Waals surface area contributed by atoms with Gasteiger partial charge in [0.05, 0.1) is 18.9 Å². The van der Waals surface area contributed by atoms with E-state index in [4.69, 9.17) is 4.74 Å². The molecule has 2 saturated heterocycles. The molecule has 2 fully saturated rings. The Balaban J connectivity index is 1.74. The molecule has 0 bridgehead atoms. The van der Waals surface area contributed by atoms with Crippen molar-refractivity contribution in [2.45, 2.75) is 44.8 Å². The Morgan fingerprint density at radius 1 is 1.19 bits per heavy atom. The summed E-state index contributed by atoms with van der Waals surface area (Å²) in [7, 11) is -3.38. The molecular weight excluding hydrogens is 352 g/mol. The van der Waals surface area contributed by atoms with E-state index in [9.17, 15) is 13.2 Å². The second kappa shape index (κ2) is 8.50. The zero-order valence-corrected chi connectivity index (χ0v) is 16.2. The summed E-state index contributed by atoms with van der Waals surface area (Å²) in [5, 5.41) is 0. The van der Waals surface area contributed by atoms with Gasteiger partial charge in [-0.25, -0.2) is 8.42 Å². The van der Waals surface area contributed by atoms with E-state index >= 15 is 0 Å². The van der Waals surface area contributed by atoms with Crippen molar-refractivity contribution < 1.29 is 17.9 Å². The van der Waals surface area contributed by atoms with Crippen LogP contribution in [0.3, 0.4) is 0 Å². The lowest BCUT2D eigenvalue weighted by Crippen LogP contribution is -2.55. The lowest BCUT2D eigenvalue weighted by Gasteiger charge is -2.39. The summed E-state index contributed by atoms with van der Waals surface area (Å²) in [5.41, 5.74) is 1.05. The highest BCUT2D eigenvalue weighted by molar-refractivity contribution is 7.89. The molecule has 6 nitrogen and oxygen atoms in total. The number of piperidine rings is 1. The molecule has 0 aliphatic carbocycles. The van der Waals surface area contributed by atoms with Crippen molar-refractivity contribution >= 4 is 15.9 Å². The monoisotopic (exact) mass is 380 g/mol. The predicted molar refractivity (Wildman–Crippen MR) is 100 cm³/mol. The Kier molecular flexibility index (Phi) is 6.32. The molecule has 1 aromatic rings. The maximum atomic E-state index is 13.2. The second-order valence-corrected chi connectivity index (χ2v) is 9.03. The summed E-state index contributed by atoms with van der Waals surface area (Å²) in [6, 6.07) is 9.30. The molecule has 7 heteroatoms. The fraction of sp³-hybridized carbons (Fsp3) is 0.632. The number of amides is 1. The number of hydrogen-bond donors (Lipinski definition) is 0. The molecule has 0 unspecified atom stereocenters. The topological polar surface area (TPSA) is 66.9 Å². The highest BCUT2D eigenvalue weighted by atomic mass is 32.2. The molecule has 2 aliphatic heterocycles. The van der Waals surface area contributed by atoms with Crippen molar-refractivity contribution in [1.82, 2.24) is 9.21 Å². The largest absolute Gasteiger partial charge is 0.370 e. The van der Waals surface area contributed by atoms with Gasteiger partial charge in [0, 0.05) is 13.1 Å². The number of morpholine rings is 1. The van der Waals surface area contributed by atoms with Crippen molar-refractivity contribution in [3.05, 3.63) is 35.9 Å². The zero-order chi connectivity index (χ0) is 18.6. The van der Waals surface area contributed by atoms with Crippen molar-refractivity contribution in [1.29, 1.82) is 0 Å². The molecule has 2 heterocycles. The molecular formula is C19H28N2O4S. The van der Waals surface area contributed by atoms with Gasteiger partial charge < -0.3 is 9.64 Å². The average Bonchev–Trinajstić information content (AvgIpc) is 2.68. The number of carbonyl (C=O) groups is 1. The van der Waals surface area contributed by atoms with Crippen molar-refractivity contribution in [2.75, 3.05) is 32.0 Å². The first-order valence-corrected chi connectivity index (χ1v) is 11.1. The zero-order valence-electron chi connectivity index (χ0n) is 15.3. The van der Waals surface area contributed by atoms with Crippen LogP contribution >= 0.6 is 0 Å². The Hall–Kier alpha value is -1.44. The second-order valence-electron chi connectivity index (χ2n) is 6.99. The van der Waals surface area contributed by atoms with E-state index in [1.54, 1.807) is 4.90 Å². The third kappa shape index (κ3) is 4.27. The molecule has 0 spiro atoms. The van der Waals surface area contributed by atoms with Crippen molar-refractivity contribution in [2.24, 2.45) is 0 Å². The summed E-state index contributed by atoms with van der Waals surface area (Å²) < 4.78 is 32.5. The van der Waals surface area contributed by atoms with Crippen LogP contribution in [0, 0.1) is 0 Å². The van der Waals surface area contributed by atoms with Crippen LogP contribution in [0.1, 0.15) is 44.3 Å². The average molecular weight is 381 g/mol. The summed E-state index contributed by atoms with van der Waals surface area (Å²) in [6.45, 7) is 3.76. The number of ether oxygens (including phenoxy) is 1. The number of nitrogens with zero attached hydrogens (tertiary/aromatic N) is 2. The standard InChI is InChI=1S/C19H28N2O4S/c1-2-14-26(23,24)21-11-7-6-10-17(21)19(22)20-12-13-25-18(15-20)16-8-4-3-5-9-16/h3-5,8-9,17-18H,2,6-7,10-15H2,1H3/t17-,18-/m1/s1.